The lowest BCUT2D eigenvalue weighted by Crippen LogP contribution is -2.16. The van der Waals surface area contributed by atoms with Crippen LogP contribution < -0.4 is 5.56 Å². The second kappa shape index (κ2) is 3.99. The van der Waals surface area contributed by atoms with Gasteiger partial charge in [0.25, 0.3) is 5.56 Å². The zero-order valence-corrected chi connectivity index (χ0v) is 8.71. The highest BCUT2D eigenvalue weighted by molar-refractivity contribution is 5.34. The number of rotatable bonds is 1. The zero-order chi connectivity index (χ0) is 11.5. The highest BCUT2D eigenvalue weighted by atomic mass is 16.1. The Morgan fingerprint density at radius 1 is 1.31 bits per heavy atom. The van der Waals surface area contributed by atoms with Crippen molar-refractivity contribution >= 4 is 0 Å². The summed E-state index contributed by atoms with van der Waals surface area (Å²) in [4.78, 5) is 15.7. The average Bonchev–Trinajstić information content (AvgIpc) is 2.31. The number of nitrogens with zero attached hydrogens (tertiary/aromatic N) is 3. The molecule has 2 rings (SSSR count). The van der Waals surface area contributed by atoms with Crippen LogP contribution in [0.2, 0.25) is 0 Å². The van der Waals surface area contributed by atoms with E-state index in [0.29, 0.717) is 11.3 Å². The van der Waals surface area contributed by atoms with Gasteiger partial charge >= 0.3 is 0 Å². The van der Waals surface area contributed by atoms with Crippen molar-refractivity contribution in [1.82, 2.24) is 9.55 Å². The Morgan fingerprint density at radius 3 is 2.75 bits per heavy atom. The van der Waals surface area contributed by atoms with Gasteiger partial charge in [-0.2, -0.15) is 5.26 Å². The number of hydrogen-bond acceptors (Lipinski definition) is 3. The molecule has 0 N–H and O–H groups in total. The third-order valence-corrected chi connectivity index (χ3v) is 2.21. The van der Waals surface area contributed by atoms with E-state index >= 15 is 0 Å². The molecule has 0 aromatic carbocycles. The predicted octanol–water partition coefficient (Wildman–Crippen LogP) is 1.41. The molecule has 4 nitrogen and oxygen atoms in total. The molecule has 2 aromatic rings. The molecular formula is C12H9N3O. The van der Waals surface area contributed by atoms with E-state index in [-0.39, 0.29) is 5.56 Å². The molecule has 0 atom stereocenters. The molecular weight excluding hydrogens is 202 g/mol. The topological polar surface area (TPSA) is 58.7 Å². The summed E-state index contributed by atoms with van der Waals surface area (Å²) >= 11 is 0. The summed E-state index contributed by atoms with van der Waals surface area (Å²) in [6, 6.07) is 8.49. The van der Waals surface area contributed by atoms with Crippen LogP contribution in [0.3, 0.4) is 0 Å². The molecule has 2 aromatic heterocycles. The van der Waals surface area contributed by atoms with Crippen molar-refractivity contribution in [2.24, 2.45) is 0 Å². The zero-order valence-electron chi connectivity index (χ0n) is 8.71. The van der Waals surface area contributed by atoms with Crippen LogP contribution in [-0.4, -0.2) is 9.55 Å². The molecule has 0 radical (unpaired) electrons. The third-order valence-electron chi connectivity index (χ3n) is 2.21. The maximum absolute atomic E-state index is 11.6. The first-order valence-corrected chi connectivity index (χ1v) is 4.76. The Hall–Kier alpha value is -2.41. The SMILES string of the molecule is Cc1ccc(-n2cc(C#N)ccc2=O)cn1. The van der Waals surface area contributed by atoms with E-state index in [9.17, 15) is 4.79 Å². The Morgan fingerprint density at radius 2 is 2.12 bits per heavy atom. The first kappa shape index (κ1) is 10.1. The van der Waals surface area contributed by atoms with Crippen LogP contribution in [0.5, 0.6) is 0 Å². The van der Waals surface area contributed by atoms with E-state index in [0.717, 1.165) is 5.69 Å². The van der Waals surface area contributed by atoms with Crippen molar-refractivity contribution < 1.29 is 0 Å². The Labute approximate surface area is 92.4 Å². The van der Waals surface area contributed by atoms with E-state index in [1.165, 1.54) is 22.9 Å². The summed E-state index contributed by atoms with van der Waals surface area (Å²) in [6.07, 6.45) is 3.12. The van der Waals surface area contributed by atoms with Crippen molar-refractivity contribution in [2.45, 2.75) is 6.92 Å². The van der Waals surface area contributed by atoms with Crippen LogP contribution in [0.15, 0.2) is 41.5 Å². The molecule has 16 heavy (non-hydrogen) atoms. The van der Waals surface area contributed by atoms with Crippen LogP contribution in [0.1, 0.15) is 11.3 Å². The number of hydrogen-bond donors (Lipinski definition) is 0. The van der Waals surface area contributed by atoms with Gasteiger partial charge in [-0.05, 0) is 25.1 Å². The summed E-state index contributed by atoms with van der Waals surface area (Å²) in [5, 5.41) is 8.76. The smallest absolute Gasteiger partial charge is 0.255 e. The third kappa shape index (κ3) is 1.84. The van der Waals surface area contributed by atoms with E-state index < -0.39 is 0 Å². The Bertz CT molecular complexity index is 605. The number of nitriles is 1. The first-order chi connectivity index (χ1) is 7.70. The summed E-state index contributed by atoms with van der Waals surface area (Å²) in [7, 11) is 0. The van der Waals surface area contributed by atoms with Crippen molar-refractivity contribution in [1.29, 1.82) is 5.26 Å². The minimum atomic E-state index is -0.176. The largest absolute Gasteiger partial charge is 0.281 e. The molecule has 0 amide bonds. The molecule has 0 fully saturated rings. The number of aromatic nitrogens is 2. The van der Waals surface area contributed by atoms with Gasteiger partial charge in [-0.3, -0.25) is 14.3 Å². The van der Waals surface area contributed by atoms with Gasteiger partial charge in [-0.25, -0.2) is 0 Å². The van der Waals surface area contributed by atoms with Crippen LogP contribution in [0.4, 0.5) is 0 Å². The Kier molecular flexibility index (Phi) is 2.52. The Balaban J connectivity index is 2.60. The molecule has 0 saturated carbocycles. The standard InChI is InChI=1S/C12H9N3O/c1-9-2-4-11(7-14-9)15-8-10(6-13)3-5-12(15)16/h2-5,7-8H,1H3. The van der Waals surface area contributed by atoms with E-state index in [1.807, 2.05) is 19.1 Å². The van der Waals surface area contributed by atoms with Gasteiger partial charge in [-0.15, -0.1) is 0 Å². The predicted molar refractivity (Wildman–Crippen MR) is 59.3 cm³/mol. The summed E-state index contributed by atoms with van der Waals surface area (Å²) in [6.45, 7) is 1.87. The van der Waals surface area contributed by atoms with Gasteiger partial charge in [0.15, 0.2) is 0 Å². The van der Waals surface area contributed by atoms with Crippen molar-refractivity contribution in [3.05, 3.63) is 58.3 Å². The molecule has 0 saturated heterocycles. The van der Waals surface area contributed by atoms with Crippen molar-refractivity contribution in [2.75, 3.05) is 0 Å². The van der Waals surface area contributed by atoms with Crippen molar-refractivity contribution in [3.8, 4) is 11.8 Å². The van der Waals surface area contributed by atoms with E-state index in [4.69, 9.17) is 5.26 Å². The lowest BCUT2D eigenvalue weighted by atomic mass is 10.3. The van der Waals surface area contributed by atoms with Gasteiger partial charge in [0, 0.05) is 18.0 Å². The normalized spacial score (nSPS) is 9.75. The summed E-state index contributed by atoms with van der Waals surface area (Å²) in [5.41, 5.74) is 1.81. The fourth-order valence-electron chi connectivity index (χ4n) is 1.36. The molecule has 0 spiro atoms. The van der Waals surface area contributed by atoms with Crippen LogP contribution in [-0.2, 0) is 0 Å². The van der Waals surface area contributed by atoms with Crippen LogP contribution in [0.25, 0.3) is 5.69 Å². The van der Waals surface area contributed by atoms with E-state index in [2.05, 4.69) is 4.98 Å². The molecule has 0 aliphatic carbocycles. The highest BCUT2D eigenvalue weighted by Crippen LogP contribution is 2.05. The van der Waals surface area contributed by atoms with Gasteiger partial charge in [0.05, 0.1) is 17.4 Å². The minimum absolute atomic E-state index is 0.176. The molecule has 4 heteroatoms. The van der Waals surface area contributed by atoms with E-state index in [1.54, 1.807) is 12.3 Å². The van der Waals surface area contributed by atoms with Gasteiger partial charge in [-0.1, -0.05) is 0 Å². The second-order valence-corrected chi connectivity index (χ2v) is 3.40. The molecule has 78 valence electrons. The monoisotopic (exact) mass is 211 g/mol. The minimum Gasteiger partial charge on any atom is -0.281 e. The highest BCUT2D eigenvalue weighted by Gasteiger charge is 2.01. The van der Waals surface area contributed by atoms with Gasteiger partial charge in [0.1, 0.15) is 6.07 Å². The average molecular weight is 211 g/mol. The van der Waals surface area contributed by atoms with Crippen LogP contribution >= 0.6 is 0 Å². The maximum Gasteiger partial charge on any atom is 0.255 e. The molecule has 0 bridgehead atoms. The summed E-state index contributed by atoms with van der Waals surface area (Å²) < 4.78 is 1.41. The molecule has 0 aliphatic heterocycles. The van der Waals surface area contributed by atoms with Crippen LogP contribution in [0, 0.1) is 18.3 Å². The number of pyridine rings is 2. The fourth-order valence-corrected chi connectivity index (χ4v) is 1.36. The maximum atomic E-state index is 11.6. The second-order valence-electron chi connectivity index (χ2n) is 3.40. The van der Waals surface area contributed by atoms with Gasteiger partial charge in [0.2, 0.25) is 0 Å². The van der Waals surface area contributed by atoms with Gasteiger partial charge < -0.3 is 0 Å². The van der Waals surface area contributed by atoms with Crippen molar-refractivity contribution in [3.63, 3.8) is 0 Å². The summed E-state index contributed by atoms with van der Waals surface area (Å²) in [5.74, 6) is 0. The first-order valence-electron chi connectivity index (χ1n) is 4.76. The lowest BCUT2D eigenvalue weighted by molar-refractivity contribution is 0.968. The molecule has 2 heterocycles. The fraction of sp³-hybridized carbons (Fsp3) is 0.0833. The molecule has 0 aliphatic rings. The number of aryl methyl sites for hydroxylation is 1. The molecule has 0 unspecified atom stereocenters. The quantitative estimate of drug-likeness (QED) is 0.716. The lowest BCUT2D eigenvalue weighted by Gasteiger charge is -2.04.